The van der Waals surface area contributed by atoms with Crippen LogP contribution in [0.25, 0.3) is 0 Å². The van der Waals surface area contributed by atoms with Crippen LogP contribution < -0.4 is 10.6 Å². The zero-order valence-electron chi connectivity index (χ0n) is 14.4. The summed E-state index contributed by atoms with van der Waals surface area (Å²) in [5.41, 5.74) is 4.33. The monoisotopic (exact) mass is 343 g/mol. The van der Waals surface area contributed by atoms with Crippen LogP contribution in [0.2, 0.25) is 0 Å². The first-order valence-corrected chi connectivity index (χ1v) is 8.04. The van der Waals surface area contributed by atoms with E-state index in [2.05, 4.69) is 26.7 Å². The molecule has 0 aliphatic carbocycles. The fourth-order valence-corrected chi connectivity index (χ4v) is 2.41. The molecule has 2 N–H and O–H groups in total. The summed E-state index contributed by atoms with van der Waals surface area (Å²) in [5, 5.41) is 14.8. The Hall–Kier alpha value is -3.72. The van der Waals surface area contributed by atoms with Crippen LogP contribution in [-0.4, -0.2) is 15.9 Å². The van der Waals surface area contributed by atoms with E-state index in [1.165, 1.54) is 6.20 Å². The lowest BCUT2D eigenvalue weighted by atomic mass is 10.1. The Morgan fingerprint density at radius 2 is 1.92 bits per heavy atom. The van der Waals surface area contributed by atoms with Crippen LogP contribution in [0.5, 0.6) is 0 Å². The van der Waals surface area contributed by atoms with Crippen LogP contribution in [0.4, 0.5) is 17.3 Å². The van der Waals surface area contributed by atoms with E-state index in [0.29, 0.717) is 11.3 Å². The number of nitrogens with one attached hydrogen (secondary N) is 2. The van der Waals surface area contributed by atoms with E-state index >= 15 is 0 Å². The molecule has 1 aromatic heterocycles. The number of amides is 1. The molecule has 3 aromatic rings. The first-order chi connectivity index (χ1) is 12.6. The van der Waals surface area contributed by atoms with Gasteiger partial charge in [0.2, 0.25) is 5.95 Å². The summed E-state index contributed by atoms with van der Waals surface area (Å²) in [6, 6.07) is 16.3. The summed E-state index contributed by atoms with van der Waals surface area (Å²) in [7, 11) is 0. The van der Waals surface area contributed by atoms with Crippen LogP contribution in [0, 0.1) is 25.2 Å². The van der Waals surface area contributed by atoms with Gasteiger partial charge in [-0.25, -0.2) is 9.97 Å². The summed E-state index contributed by atoms with van der Waals surface area (Å²) in [6.07, 6.45) is 1.52. The lowest BCUT2D eigenvalue weighted by Crippen LogP contribution is -2.15. The fourth-order valence-electron chi connectivity index (χ4n) is 2.41. The lowest BCUT2D eigenvalue weighted by molar-refractivity contribution is 0.102. The molecule has 6 nitrogen and oxygen atoms in total. The number of carbonyl (C=O) groups excluding carboxylic acids is 1. The van der Waals surface area contributed by atoms with Crippen molar-refractivity contribution in [1.82, 2.24) is 9.97 Å². The van der Waals surface area contributed by atoms with Crippen molar-refractivity contribution in [3.05, 3.63) is 77.1 Å². The summed E-state index contributed by atoms with van der Waals surface area (Å²) < 4.78 is 0. The van der Waals surface area contributed by atoms with Gasteiger partial charge in [0.15, 0.2) is 0 Å². The Balaban J connectivity index is 1.79. The number of aryl methyl sites for hydroxylation is 1. The number of aromatic nitrogens is 2. The highest BCUT2D eigenvalue weighted by Crippen LogP contribution is 2.19. The van der Waals surface area contributed by atoms with Gasteiger partial charge in [0.1, 0.15) is 5.69 Å². The van der Waals surface area contributed by atoms with Crippen molar-refractivity contribution >= 4 is 23.2 Å². The van der Waals surface area contributed by atoms with E-state index in [1.807, 2.05) is 32.0 Å². The molecule has 0 aliphatic rings. The number of hydrogen-bond acceptors (Lipinski definition) is 5. The first kappa shape index (κ1) is 17.1. The minimum Gasteiger partial charge on any atom is -0.324 e. The summed E-state index contributed by atoms with van der Waals surface area (Å²) >= 11 is 0. The third kappa shape index (κ3) is 3.84. The van der Waals surface area contributed by atoms with Crippen LogP contribution in [-0.2, 0) is 0 Å². The second kappa shape index (κ2) is 7.45. The van der Waals surface area contributed by atoms with Gasteiger partial charge >= 0.3 is 0 Å². The largest absolute Gasteiger partial charge is 0.324 e. The number of nitriles is 1. The van der Waals surface area contributed by atoms with Crippen molar-refractivity contribution in [1.29, 1.82) is 5.26 Å². The van der Waals surface area contributed by atoms with Crippen LogP contribution >= 0.6 is 0 Å². The smallest absolute Gasteiger partial charge is 0.274 e. The van der Waals surface area contributed by atoms with E-state index < -0.39 is 0 Å². The predicted molar refractivity (Wildman–Crippen MR) is 100 cm³/mol. The molecule has 1 heterocycles. The van der Waals surface area contributed by atoms with Crippen molar-refractivity contribution in [3.63, 3.8) is 0 Å². The quantitative estimate of drug-likeness (QED) is 0.748. The molecule has 6 heteroatoms. The van der Waals surface area contributed by atoms with Gasteiger partial charge in [-0.15, -0.1) is 0 Å². The number of hydrogen-bond donors (Lipinski definition) is 2. The molecule has 1 amide bonds. The molecule has 3 rings (SSSR count). The van der Waals surface area contributed by atoms with Gasteiger partial charge in [-0.3, -0.25) is 4.79 Å². The van der Waals surface area contributed by atoms with Crippen molar-refractivity contribution in [2.24, 2.45) is 0 Å². The molecule has 2 aromatic carbocycles. The third-order valence-electron chi connectivity index (χ3n) is 3.99. The van der Waals surface area contributed by atoms with Gasteiger partial charge in [0.05, 0.1) is 11.6 Å². The maximum atomic E-state index is 12.5. The Kier molecular flexibility index (Phi) is 4.90. The van der Waals surface area contributed by atoms with Crippen molar-refractivity contribution in [2.75, 3.05) is 10.6 Å². The SMILES string of the molecule is Cc1cccc(NC(=O)c2ccnc(Nc3cccc(C#N)c3)n2)c1C. The van der Waals surface area contributed by atoms with E-state index in [0.717, 1.165) is 16.8 Å². The highest BCUT2D eigenvalue weighted by molar-refractivity contribution is 6.03. The number of rotatable bonds is 4. The fraction of sp³-hybridized carbons (Fsp3) is 0.100. The zero-order chi connectivity index (χ0) is 18.5. The molecule has 0 saturated heterocycles. The Morgan fingerprint density at radius 1 is 1.12 bits per heavy atom. The van der Waals surface area contributed by atoms with Gasteiger partial charge in [0.25, 0.3) is 5.91 Å². The highest BCUT2D eigenvalue weighted by atomic mass is 16.1. The lowest BCUT2D eigenvalue weighted by Gasteiger charge is -2.10. The maximum absolute atomic E-state index is 12.5. The Morgan fingerprint density at radius 3 is 2.73 bits per heavy atom. The number of nitrogens with zero attached hydrogens (tertiary/aromatic N) is 3. The number of carbonyl (C=O) groups is 1. The second-order valence-corrected chi connectivity index (χ2v) is 5.78. The number of benzene rings is 2. The van der Waals surface area contributed by atoms with Crippen molar-refractivity contribution in [2.45, 2.75) is 13.8 Å². The maximum Gasteiger partial charge on any atom is 0.274 e. The summed E-state index contributed by atoms with van der Waals surface area (Å²) in [6.45, 7) is 3.95. The van der Waals surface area contributed by atoms with Gasteiger partial charge in [0, 0.05) is 17.6 Å². The van der Waals surface area contributed by atoms with Crippen molar-refractivity contribution in [3.8, 4) is 6.07 Å². The summed E-state index contributed by atoms with van der Waals surface area (Å²) in [4.78, 5) is 20.9. The minimum absolute atomic E-state index is 0.250. The average molecular weight is 343 g/mol. The van der Waals surface area contributed by atoms with Gasteiger partial charge in [-0.2, -0.15) is 5.26 Å². The topological polar surface area (TPSA) is 90.7 Å². The molecule has 0 aliphatic heterocycles. The zero-order valence-corrected chi connectivity index (χ0v) is 14.4. The molecule has 0 fully saturated rings. The third-order valence-corrected chi connectivity index (χ3v) is 3.99. The normalized spacial score (nSPS) is 10.0. The van der Waals surface area contributed by atoms with Crippen LogP contribution in [0.15, 0.2) is 54.7 Å². The van der Waals surface area contributed by atoms with Gasteiger partial charge < -0.3 is 10.6 Å². The van der Waals surface area contributed by atoms with E-state index in [-0.39, 0.29) is 17.5 Å². The van der Waals surface area contributed by atoms with Crippen LogP contribution in [0.1, 0.15) is 27.2 Å². The van der Waals surface area contributed by atoms with Crippen molar-refractivity contribution < 1.29 is 4.79 Å². The molecule has 0 unspecified atom stereocenters. The molecule has 0 bridgehead atoms. The average Bonchev–Trinajstić information content (AvgIpc) is 2.66. The molecule has 128 valence electrons. The van der Waals surface area contributed by atoms with E-state index in [1.54, 1.807) is 30.3 Å². The highest BCUT2D eigenvalue weighted by Gasteiger charge is 2.11. The molecule has 0 spiro atoms. The number of anilines is 3. The Bertz CT molecular complexity index is 1010. The molecule has 0 radical (unpaired) electrons. The summed E-state index contributed by atoms with van der Waals surface area (Å²) in [5.74, 6) is -0.0244. The molecule has 26 heavy (non-hydrogen) atoms. The first-order valence-electron chi connectivity index (χ1n) is 8.04. The van der Waals surface area contributed by atoms with Gasteiger partial charge in [-0.1, -0.05) is 18.2 Å². The van der Waals surface area contributed by atoms with Crippen LogP contribution in [0.3, 0.4) is 0 Å². The molecule has 0 saturated carbocycles. The predicted octanol–water partition coefficient (Wildman–Crippen LogP) is 3.96. The molecular formula is C20H17N5O. The minimum atomic E-state index is -0.310. The van der Waals surface area contributed by atoms with Gasteiger partial charge in [-0.05, 0) is 55.3 Å². The molecule has 0 atom stereocenters. The Labute approximate surface area is 151 Å². The van der Waals surface area contributed by atoms with E-state index in [9.17, 15) is 4.79 Å². The molecular weight excluding hydrogens is 326 g/mol. The standard InChI is InChI=1S/C20H17N5O/c1-13-5-3-8-17(14(13)2)24-19(26)18-9-10-22-20(25-18)23-16-7-4-6-15(11-16)12-21/h3-11H,1-2H3,(H,24,26)(H,22,23,25). The van der Waals surface area contributed by atoms with E-state index in [4.69, 9.17) is 5.26 Å². The second-order valence-electron chi connectivity index (χ2n) is 5.78.